The molecule has 5 heteroatoms. The first kappa shape index (κ1) is 10.3. The minimum atomic E-state index is -0.529. The van der Waals surface area contributed by atoms with E-state index in [1.54, 1.807) is 6.92 Å². The number of hydrogen-bond acceptors (Lipinski definition) is 4. The summed E-state index contributed by atoms with van der Waals surface area (Å²) in [5.74, 6) is 0. The van der Waals surface area contributed by atoms with Crippen LogP contribution in [0.15, 0.2) is 0 Å². The monoisotopic (exact) mass is 189 g/mol. The molecule has 0 saturated carbocycles. The Labute approximate surface area is 77.0 Å². The van der Waals surface area contributed by atoms with Gasteiger partial charge in [0, 0.05) is 6.61 Å². The number of aliphatic hydroxyl groups excluding tert-OH is 1. The van der Waals surface area contributed by atoms with Gasteiger partial charge in [-0.3, -0.25) is 0 Å². The molecule has 13 heavy (non-hydrogen) atoms. The molecule has 1 rings (SSSR count). The lowest BCUT2D eigenvalue weighted by Crippen LogP contribution is -2.49. The molecule has 0 aromatic carbocycles. The van der Waals surface area contributed by atoms with E-state index >= 15 is 0 Å². The van der Waals surface area contributed by atoms with Crippen LogP contribution in [0.2, 0.25) is 0 Å². The van der Waals surface area contributed by atoms with E-state index in [1.807, 2.05) is 0 Å². The smallest absolute Gasteiger partial charge is 0.407 e. The number of alkyl carbamates (subject to hydrolysis) is 1. The van der Waals surface area contributed by atoms with E-state index in [1.165, 1.54) is 0 Å². The number of aliphatic hydroxyl groups is 1. The predicted molar refractivity (Wildman–Crippen MR) is 45.4 cm³/mol. The minimum Gasteiger partial charge on any atom is -0.450 e. The van der Waals surface area contributed by atoms with E-state index in [0.717, 1.165) is 0 Å². The number of hydrogen-bond donors (Lipinski definition) is 2. The third-order valence-electron chi connectivity index (χ3n) is 1.90. The van der Waals surface area contributed by atoms with E-state index in [4.69, 9.17) is 4.74 Å². The van der Waals surface area contributed by atoms with Crippen LogP contribution in [-0.2, 0) is 9.47 Å². The number of ether oxygens (including phenoxy) is 2. The van der Waals surface area contributed by atoms with Crippen LogP contribution in [0.5, 0.6) is 0 Å². The molecule has 5 nitrogen and oxygen atoms in total. The van der Waals surface area contributed by atoms with Crippen molar-refractivity contribution in [3.05, 3.63) is 0 Å². The highest BCUT2D eigenvalue weighted by atomic mass is 16.5. The summed E-state index contributed by atoms with van der Waals surface area (Å²) in [7, 11) is 0. The molecule has 1 aliphatic heterocycles. The molecule has 1 amide bonds. The average Bonchev–Trinajstić information content (AvgIpc) is 2.09. The van der Waals surface area contributed by atoms with Gasteiger partial charge in [0.1, 0.15) is 0 Å². The van der Waals surface area contributed by atoms with Crippen molar-refractivity contribution in [2.45, 2.75) is 25.5 Å². The summed E-state index contributed by atoms with van der Waals surface area (Å²) in [6.45, 7) is 2.95. The van der Waals surface area contributed by atoms with Gasteiger partial charge in [-0.1, -0.05) is 0 Å². The Balaban J connectivity index is 2.29. The Bertz CT molecular complexity index is 174. The lowest BCUT2D eigenvalue weighted by atomic mass is 10.1. The lowest BCUT2D eigenvalue weighted by molar-refractivity contribution is -0.0153. The fourth-order valence-electron chi connectivity index (χ4n) is 1.19. The molecule has 2 atom stereocenters. The van der Waals surface area contributed by atoms with Crippen LogP contribution in [0.25, 0.3) is 0 Å². The molecule has 2 unspecified atom stereocenters. The highest BCUT2D eigenvalue weighted by Gasteiger charge is 2.25. The normalized spacial score (nSPS) is 28.2. The van der Waals surface area contributed by atoms with Crippen LogP contribution in [0.1, 0.15) is 13.3 Å². The van der Waals surface area contributed by atoms with Crippen molar-refractivity contribution < 1.29 is 19.4 Å². The average molecular weight is 189 g/mol. The van der Waals surface area contributed by atoms with Crippen LogP contribution in [0.4, 0.5) is 4.79 Å². The number of carbonyl (C=O) groups is 1. The zero-order valence-corrected chi connectivity index (χ0v) is 7.66. The summed E-state index contributed by atoms with van der Waals surface area (Å²) in [6, 6.07) is -0.340. The SMILES string of the molecule is CCOC(=O)NC1COCCC1O. The van der Waals surface area contributed by atoms with Crippen molar-refractivity contribution >= 4 is 6.09 Å². The number of amides is 1. The molecule has 0 aliphatic carbocycles. The zero-order valence-electron chi connectivity index (χ0n) is 7.66. The summed E-state index contributed by atoms with van der Waals surface area (Å²) < 4.78 is 9.78. The fourth-order valence-corrected chi connectivity index (χ4v) is 1.19. The largest absolute Gasteiger partial charge is 0.450 e. The van der Waals surface area contributed by atoms with Crippen LogP contribution in [-0.4, -0.2) is 43.2 Å². The maximum atomic E-state index is 11.0. The maximum Gasteiger partial charge on any atom is 0.407 e. The Hall–Kier alpha value is -0.810. The third kappa shape index (κ3) is 3.20. The van der Waals surface area contributed by atoms with Crippen LogP contribution >= 0.6 is 0 Å². The molecule has 0 radical (unpaired) electrons. The molecule has 1 saturated heterocycles. The van der Waals surface area contributed by atoms with E-state index < -0.39 is 12.2 Å². The van der Waals surface area contributed by atoms with E-state index in [-0.39, 0.29) is 6.04 Å². The second kappa shape index (κ2) is 5.04. The molecule has 2 N–H and O–H groups in total. The highest BCUT2D eigenvalue weighted by molar-refractivity contribution is 5.67. The summed E-state index contributed by atoms with van der Waals surface area (Å²) in [4.78, 5) is 11.0. The molecule has 0 aromatic rings. The molecule has 0 bridgehead atoms. The van der Waals surface area contributed by atoms with Gasteiger partial charge in [0.05, 0.1) is 25.4 Å². The molecule has 1 aliphatic rings. The van der Waals surface area contributed by atoms with E-state index in [9.17, 15) is 9.90 Å². The van der Waals surface area contributed by atoms with Gasteiger partial charge < -0.3 is 19.9 Å². The van der Waals surface area contributed by atoms with Crippen LogP contribution in [0.3, 0.4) is 0 Å². The first-order valence-electron chi connectivity index (χ1n) is 4.43. The Morgan fingerprint density at radius 3 is 3.15 bits per heavy atom. The van der Waals surface area contributed by atoms with Crippen molar-refractivity contribution in [2.24, 2.45) is 0 Å². The van der Waals surface area contributed by atoms with Crippen LogP contribution in [0, 0.1) is 0 Å². The Morgan fingerprint density at radius 2 is 2.54 bits per heavy atom. The van der Waals surface area contributed by atoms with Gasteiger partial charge in [-0.15, -0.1) is 0 Å². The van der Waals surface area contributed by atoms with Gasteiger partial charge in [0.15, 0.2) is 0 Å². The summed E-state index contributed by atoms with van der Waals surface area (Å²) >= 11 is 0. The van der Waals surface area contributed by atoms with Gasteiger partial charge >= 0.3 is 6.09 Å². The topological polar surface area (TPSA) is 67.8 Å². The molecule has 1 fully saturated rings. The second-order valence-electron chi connectivity index (χ2n) is 2.90. The Kier molecular flexibility index (Phi) is 3.98. The molecular formula is C8H15NO4. The molecule has 0 spiro atoms. The number of rotatable bonds is 2. The second-order valence-corrected chi connectivity index (χ2v) is 2.90. The zero-order chi connectivity index (χ0) is 9.68. The number of nitrogens with one attached hydrogen (secondary N) is 1. The van der Waals surface area contributed by atoms with Crippen molar-refractivity contribution in [1.82, 2.24) is 5.32 Å². The molecule has 76 valence electrons. The van der Waals surface area contributed by atoms with E-state index in [0.29, 0.717) is 26.2 Å². The molecular weight excluding hydrogens is 174 g/mol. The number of carbonyl (C=O) groups excluding carboxylic acids is 1. The molecule has 0 aromatic heterocycles. The predicted octanol–water partition coefficient (Wildman–Crippen LogP) is -0.118. The van der Waals surface area contributed by atoms with Crippen LogP contribution < -0.4 is 5.32 Å². The van der Waals surface area contributed by atoms with Gasteiger partial charge in [0.2, 0.25) is 0 Å². The quantitative estimate of drug-likeness (QED) is 0.635. The standard InChI is InChI=1S/C8H15NO4/c1-2-13-8(11)9-6-5-12-4-3-7(6)10/h6-7,10H,2-5H2,1H3,(H,9,11). The van der Waals surface area contributed by atoms with Gasteiger partial charge in [-0.2, -0.15) is 0 Å². The summed E-state index contributed by atoms with van der Waals surface area (Å²) in [5.41, 5.74) is 0. The van der Waals surface area contributed by atoms with Gasteiger partial charge in [0.25, 0.3) is 0 Å². The summed E-state index contributed by atoms with van der Waals surface area (Å²) in [5, 5.41) is 12.0. The van der Waals surface area contributed by atoms with Crippen molar-refractivity contribution in [2.75, 3.05) is 19.8 Å². The first-order valence-corrected chi connectivity index (χ1v) is 4.43. The van der Waals surface area contributed by atoms with Gasteiger partial charge in [-0.05, 0) is 13.3 Å². The van der Waals surface area contributed by atoms with Crippen molar-refractivity contribution in [1.29, 1.82) is 0 Å². The molecule has 1 heterocycles. The Morgan fingerprint density at radius 1 is 1.77 bits per heavy atom. The third-order valence-corrected chi connectivity index (χ3v) is 1.90. The summed E-state index contributed by atoms with van der Waals surface area (Å²) in [6.07, 6.45) is -0.480. The fraction of sp³-hybridized carbons (Fsp3) is 0.875. The highest BCUT2D eigenvalue weighted by Crippen LogP contribution is 2.07. The first-order chi connectivity index (χ1) is 6.24. The van der Waals surface area contributed by atoms with Crippen molar-refractivity contribution in [3.63, 3.8) is 0 Å². The maximum absolute atomic E-state index is 11.0. The lowest BCUT2D eigenvalue weighted by Gasteiger charge is -2.27. The van der Waals surface area contributed by atoms with E-state index in [2.05, 4.69) is 10.1 Å². The minimum absolute atomic E-state index is 0.329. The van der Waals surface area contributed by atoms with Gasteiger partial charge in [-0.25, -0.2) is 4.79 Å². The van der Waals surface area contributed by atoms with Crippen molar-refractivity contribution in [3.8, 4) is 0 Å².